The van der Waals surface area contributed by atoms with Gasteiger partial charge in [-0.15, -0.1) is 0 Å². The van der Waals surface area contributed by atoms with Crippen LogP contribution in [0.2, 0.25) is 0 Å². The molecule has 4 heterocycles. The van der Waals surface area contributed by atoms with Gasteiger partial charge in [-0.3, -0.25) is 4.57 Å². The molecular formula is C44H28N4O. The highest BCUT2D eigenvalue weighted by Gasteiger charge is 2.22. The predicted molar refractivity (Wildman–Crippen MR) is 200 cm³/mol. The second-order valence-corrected chi connectivity index (χ2v) is 12.8. The number of imidazole rings is 1. The minimum atomic E-state index is 0.456. The molecule has 0 spiro atoms. The van der Waals surface area contributed by atoms with Crippen LogP contribution in [-0.4, -0.2) is 18.7 Å². The number of rotatable bonds is 3. The molecule has 0 saturated carbocycles. The Labute approximate surface area is 281 Å². The van der Waals surface area contributed by atoms with Gasteiger partial charge in [-0.25, -0.2) is 4.98 Å². The van der Waals surface area contributed by atoms with Crippen LogP contribution in [0.4, 0.5) is 0 Å². The van der Waals surface area contributed by atoms with Gasteiger partial charge >= 0.3 is 0 Å². The van der Waals surface area contributed by atoms with E-state index < -0.39 is 0 Å². The molecule has 0 fully saturated rings. The normalized spacial score (nSPS) is 12.6. The molecule has 0 saturated heterocycles. The molecule has 11 rings (SSSR count). The maximum Gasteiger partial charge on any atom is 0.152 e. The minimum absolute atomic E-state index is 0.456. The first-order valence-corrected chi connectivity index (χ1v) is 16.7. The number of hydrogen-bond donors (Lipinski definition) is 0. The molecule has 230 valence electrons. The van der Waals surface area contributed by atoms with Crippen LogP contribution in [-0.2, 0) is 6.61 Å². The Morgan fingerprint density at radius 2 is 1.02 bits per heavy atom. The lowest BCUT2D eigenvalue weighted by atomic mass is 10.0. The van der Waals surface area contributed by atoms with Crippen LogP contribution < -0.4 is 4.74 Å². The Morgan fingerprint density at radius 3 is 1.73 bits per heavy atom. The first-order valence-electron chi connectivity index (χ1n) is 16.7. The van der Waals surface area contributed by atoms with E-state index in [4.69, 9.17) is 9.72 Å². The third-order valence-electron chi connectivity index (χ3n) is 10.1. The topological polar surface area (TPSA) is 36.9 Å². The number of aromatic nitrogens is 4. The molecule has 0 atom stereocenters. The van der Waals surface area contributed by atoms with Crippen LogP contribution in [0.25, 0.3) is 82.8 Å². The van der Waals surface area contributed by atoms with Crippen molar-refractivity contribution in [2.75, 3.05) is 0 Å². The molecule has 0 aliphatic carbocycles. The van der Waals surface area contributed by atoms with Gasteiger partial charge in [-0.2, -0.15) is 0 Å². The Balaban J connectivity index is 1.10. The van der Waals surface area contributed by atoms with Crippen LogP contribution in [0.5, 0.6) is 5.75 Å². The van der Waals surface area contributed by atoms with Gasteiger partial charge in [0.25, 0.3) is 0 Å². The van der Waals surface area contributed by atoms with Crippen molar-refractivity contribution >= 4 is 54.6 Å². The number of para-hydroxylation sites is 5. The Hall–Kier alpha value is -6.59. The number of fused-ring (bicyclic) bond motifs is 11. The molecule has 1 aliphatic heterocycles. The lowest BCUT2D eigenvalue weighted by molar-refractivity contribution is 0.280. The van der Waals surface area contributed by atoms with Crippen LogP contribution in [0.1, 0.15) is 5.82 Å². The van der Waals surface area contributed by atoms with Gasteiger partial charge in [-0.1, -0.05) is 78.9 Å². The summed E-state index contributed by atoms with van der Waals surface area (Å²) in [6.07, 6.45) is 0. The molecule has 49 heavy (non-hydrogen) atoms. The van der Waals surface area contributed by atoms with Gasteiger partial charge in [0.15, 0.2) is 5.82 Å². The van der Waals surface area contributed by atoms with Crippen molar-refractivity contribution < 1.29 is 4.74 Å². The summed E-state index contributed by atoms with van der Waals surface area (Å²) in [7, 11) is 0. The molecule has 7 aromatic carbocycles. The quantitative estimate of drug-likeness (QED) is 0.195. The van der Waals surface area contributed by atoms with E-state index in [1.165, 1.54) is 60.4 Å². The van der Waals surface area contributed by atoms with E-state index in [0.29, 0.717) is 6.61 Å². The standard InChI is InChI=1S/C44H28N4O/c1-2-10-30(11-3-1)46-37-14-6-4-12-32(37)34-24-28(18-22-39(34)46)29-19-23-40-35(25-29)33-13-5-7-15-38(33)47(40)31-20-21-36-42(26-31)48-41-16-8-9-17-43(41)49-27-44(48)45-36/h1-26H,27H2. The van der Waals surface area contributed by atoms with Crippen LogP contribution in [0.15, 0.2) is 158 Å². The fourth-order valence-corrected chi connectivity index (χ4v) is 7.96. The van der Waals surface area contributed by atoms with Gasteiger partial charge in [0, 0.05) is 32.9 Å². The van der Waals surface area contributed by atoms with Crippen LogP contribution >= 0.6 is 0 Å². The molecule has 5 nitrogen and oxygen atoms in total. The van der Waals surface area contributed by atoms with Crippen molar-refractivity contribution in [2.45, 2.75) is 6.61 Å². The average Bonchev–Trinajstić information content (AvgIpc) is 3.82. The van der Waals surface area contributed by atoms with E-state index in [1.54, 1.807) is 0 Å². The van der Waals surface area contributed by atoms with Gasteiger partial charge in [0.2, 0.25) is 0 Å². The molecule has 0 radical (unpaired) electrons. The average molecular weight is 629 g/mol. The van der Waals surface area contributed by atoms with Crippen LogP contribution in [0, 0.1) is 0 Å². The van der Waals surface area contributed by atoms with Gasteiger partial charge < -0.3 is 13.9 Å². The SMILES string of the molecule is c1ccc(-n2c3ccccc3c3cc(-c4ccc5c(c4)c4ccccc4n5-c4ccc5nc6n(c5c4)-c4ccccc4OC6)ccc32)cc1. The fraction of sp³-hybridized carbons (Fsp3) is 0.0227. The first-order chi connectivity index (χ1) is 24.3. The van der Waals surface area contributed by atoms with Crippen molar-refractivity contribution in [1.29, 1.82) is 0 Å². The molecule has 0 amide bonds. The van der Waals surface area contributed by atoms with Crippen molar-refractivity contribution in [1.82, 2.24) is 18.7 Å². The zero-order valence-electron chi connectivity index (χ0n) is 26.4. The van der Waals surface area contributed by atoms with Crippen LogP contribution in [0.3, 0.4) is 0 Å². The number of benzene rings is 7. The van der Waals surface area contributed by atoms with E-state index in [0.717, 1.165) is 34.0 Å². The van der Waals surface area contributed by atoms with E-state index in [2.05, 4.69) is 159 Å². The second kappa shape index (κ2) is 9.96. The number of hydrogen-bond acceptors (Lipinski definition) is 2. The summed E-state index contributed by atoms with van der Waals surface area (Å²) in [5.41, 5.74) is 12.5. The summed E-state index contributed by atoms with van der Waals surface area (Å²) in [6.45, 7) is 0.456. The lowest BCUT2D eigenvalue weighted by Gasteiger charge is -2.19. The van der Waals surface area contributed by atoms with Gasteiger partial charge in [0.05, 0.1) is 38.8 Å². The fourth-order valence-electron chi connectivity index (χ4n) is 7.96. The third kappa shape index (κ3) is 3.78. The highest BCUT2D eigenvalue weighted by atomic mass is 16.5. The van der Waals surface area contributed by atoms with Crippen molar-refractivity contribution in [3.8, 4) is 33.9 Å². The molecule has 0 N–H and O–H groups in total. The molecular weight excluding hydrogens is 601 g/mol. The molecule has 1 aliphatic rings. The zero-order valence-corrected chi connectivity index (χ0v) is 26.4. The number of ether oxygens (including phenoxy) is 1. The van der Waals surface area contributed by atoms with E-state index >= 15 is 0 Å². The molecule has 3 aromatic heterocycles. The van der Waals surface area contributed by atoms with Crippen molar-refractivity contribution in [2.24, 2.45) is 0 Å². The summed E-state index contributed by atoms with van der Waals surface area (Å²) in [4.78, 5) is 4.93. The Morgan fingerprint density at radius 1 is 0.429 bits per heavy atom. The summed E-state index contributed by atoms with van der Waals surface area (Å²) in [5.74, 6) is 1.80. The summed E-state index contributed by atoms with van der Waals surface area (Å²) >= 11 is 0. The lowest BCUT2D eigenvalue weighted by Crippen LogP contribution is -2.12. The summed E-state index contributed by atoms with van der Waals surface area (Å²) < 4.78 is 13.0. The molecule has 0 bridgehead atoms. The third-order valence-corrected chi connectivity index (χ3v) is 10.1. The summed E-state index contributed by atoms with van der Waals surface area (Å²) in [6, 6.07) is 56.6. The highest BCUT2D eigenvalue weighted by molar-refractivity contribution is 6.12. The number of nitrogens with zero attached hydrogens (tertiary/aromatic N) is 4. The smallest absolute Gasteiger partial charge is 0.152 e. The maximum atomic E-state index is 6.02. The van der Waals surface area contributed by atoms with E-state index in [9.17, 15) is 0 Å². The Kier molecular flexibility index (Phi) is 5.38. The highest BCUT2D eigenvalue weighted by Crippen LogP contribution is 2.39. The van der Waals surface area contributed by atoms with E-state index in [-0.39, 0.29) is 0 Å². The first kappa shape index (κ1) is 26.5. The van der Waals surface area contributed by atoms with Gasteiger partial charge in [-0.05, 0) is 90.0 Å². The monoisotopic (exact) mass is 628 g/mol. The predicted octanol–water partition coefficient (Wildman–Crippen LogP) is 10.8. The minimum Gasteiger partial charge on any atom is -0.483 e. The molecule has 5 heteroatoms. The Bertz CT molecular complexity index is 2940. The van der Waals surface area contributed by atoms with Gasteiger partial charge in [0.1, 0.15) is 12.4 Å². The second-order valence-electron chi connectivity index (χ2n) is 12.8. The maximum absolute atomic E-state index is 6.02. The summed E-state index contributed by atoms with van der Waals surface area (Å²) in [5, 5.41) is 4.97. The zero-order chi connectivity index (χ0) is 32.1. The largest absolute Gasteiger partial charge is 0.483 e. The van der Waals surface area contributed by atoms with Crippen molar-refractivity contribution in [3.05, 3.63) is 164 Å². The van der Waals surface area contributed by atoms with E-state index in [1.807, 2.05) is 12.1 Å². The molecule has 0 unspecified atom stereocenters. The molecule has 10 aromatic rings. The van der Waals surface area contributed by atoms with Crippen molar-refractivity contribution in [3.63, 3.8) is 0 Å².